The number of nitrogens with one attached hydrogen (secondary N) is 1. The van der Waals surface area contributed by atoms with E-state index in [0.29, 0.717) is 29.2 Å². The van der Waals surface area contributed by atoms with Crippen LogP contribution < -0.4 is 5.32 Å². The molecule has 2 rings (SSSR count). The van der Waals surface area contributed by atoms with E-state index in [2.05, 4.69) is 31.4 Å². The van der Waals surface area contributed by atoms with Crippen molar-refractivity contribution in [3.63, 3.8) is 0 Å². The molecule has 2 aromatic rings. The van der Waals surface area contributed by atoms with Gasteiger partial charge in [-0.25, -0.2) is 4.39 Å². The minimum absolute atomic E-state index is 0.00760. The molecule has 0 saturated heterocycles. The van der Waals surface area contributed by atoms with Crippen molar-refractivity contribution in [1.82, 2.24) is 15.5 Å². The van der Waals surface area contributed by atoms with Crippen molar-refractivity contribution in [2.75, 3.05) is 6.54 Å². The van der Waals surface area contributed by atoms with Gasteiger partial charge in [0.1, 0.15) is 5.82 Å². The SMILES string of the molecule is Cc1nc(CCNC(=O)c2c(F)cccc2Br)no1. The van der Waals surface area contributed by atoms with Crippen LogP contribution in [0.4, 0.5) is 4.39 Å². The summed E-state index contributed by atoms with van der Waals surface area (Å²) >= 11 is 3.15. The standard InChI is InChI=1S/C12H11BrFN3O2/c1-7-16-10(17-19-7)5-6-15-12(18)11-8(13)3-2-4-9(11)14/h2-4H,5-6H2,1H3,(H,15,18). The van der Waals surface area contributed by atoms with Gasteiger partial charge in [0.15, 0.2) is 5.82 Å². The molecule has 0 radical (unpaired) electrons. The second-order valence-electron chi connectivity index (χ2n) is 3.83. The maximum atomic E-state index is 13.5. The molecule has 0 saturated carbocycles. The largest absolute Gasteiger partial charge is 0.351 e. The van der Waals surface area contributed by atoms with Gasteiger partial charge in [0.2, 0.25) is 5.89 Å². The first-order chi connectivity index (χ1) is 9.08. The van der Waals surface area contributed by atoms with Crippen LogP contribution in [-0.2, 0) is 6.42 Å². The third kappa shape index (κ3) is 3.37. The van der Waals surface area contributed by atoms with Crippen molar-refractivity contribution in [3.05, 3.63) is 45.8 Å². The number of aromatic nitrogens is 2. The van der Waals surface area contributed by atoms with Crippen molar-refractivity contribution in [3.8, 4) is 0 Å². The first-order valence-electron chi connectivity index (χ1n) is 5.59. The molecule has 19 heavy (non-hydrogen) atoms. The minimum atomic E-state index is -0.567. The Balaban J connectivity index is 1.94. The molecular weight excluding hydrogens is 317 g/mol. The number of hydrogen-bond acceptors (Lipinski definition) is 4. The molecule has 1 amide bonds. The Bertz CT molecular complexity index is 580. The van der Waals surface area contributed by atoms with Gasteiger partial charge in [-0.05, 0) is 28.1 Å². The molecule has 7 heteroatoms. The monoisotopic (exact) mass is 327 g/mol. The first kappa shape index (κ1) is 13.7. The zero-order chi connectivity index (χ0) is 13.8. The maximum Gasteiger partial charge on any atom is 0.255 e. The van der Waals surface area contributed by atoms with Crippen molar-refractivity contribution in [1.29, 1.82) is 0 Å². The lowest BCUT2D eigenvalue weighted by atomic mass is 10.2. The van der Waals surface area contributed by atoms with Crippen LogP contribution in [0.1, 0.15) is 22.1 Å². The van der Waals surface area contributed by atoms with E-state index in [1.165, 1.54) is 12.1 Å². The van der Waals surface area contributed by atoms with Crippen LogP contribution in [0, 0.1) is 12.7 Å². The Morgan fingerprint density at radius 2 is 2.32 bits per heavy atom. The topological polar surface area (TPSA) is 68.0 Å². The molecule has 0 aliphatic carbocycles. The predicted octanol–water partition coefficient (Wildman–Crippen LogP) is 2.25. The minimum Gasteiger partial charge on any atom is -0.351 e. The summed E-state index contributed by atoms with van der Waals surface area (Å²) in [5.41, 5.74) is -0.00760. The Morgan fingerprint density at radius 3 is 2.95 bits per heavy atom. The zero-order valence-electron chi connectivity index (χ0n) is 10.1. The number of amides is 1. The van der Waals surface area contributed by atoms with E-state index in [1.807, 2.05) is 0 Å². The molecule has 1 N–H and O–H groups in total. The van der Waals surface area contributed by atoms with Crippen LogP contribution in [0.2, 0.25) is 0 Å². The Kier molecular flexibility index (Phi) is 4.26. The average Bonchev–Trinajstić information content (AvgIpc) is 2.75. The highest BCUT2D eigenvalue weighted by atomic mass is 79.9. The third-order valence-corrected chi connectivity index (χ3v) is 3.05. The summed E-state index contributed by atoms with van der Waals surface area (Å²) in [6, 6.07) is 4.38. The highest BCUT2D eigenvalue weighted by Crippen LogP contribution is 2.19. The smallest absolute Gasteiger partial charge is 0.255 e. The molecular formula is C12H11BrFN3O2. The highest BCUT2D eigenvalue weighted by molar-refractivity contribution is 9.10. The van der Waals surface area contributed by atoms with E-state index < -0.39 is 11.7 Å². The van der Waals surface area contributed by atoms with Gasteiger partial charge in [0.05, 0.1) is 5.56 Å². The fraction of sp³-hybridized carbons (Fsp3) is 0.250. The van der Waals surface area contributed by atoms with Crippen LogP contribution in [0.5, 0.6) is 0 Å². The summed E-state index contributed by atoms with van der Waals surface area (Å²) in [6.45, 7) is 1.99. The van der Waals surface area contributed by atoms with Crippen LogP contribution in [0.3, 0.4) is 0 Å². The number of nitrogens with zero attached hydrogens (tertiary/aromatic N) is 2. The summed E-state index contributed by atoms with van der Waals surface area (Å²) in [6.07, 6.45) is 0.426. The van der Waals surface area contributed by atoms with E-state index in [4.69, 9.17) is 4.52 Å². The number of hydrogen-bond donors (Lipinski definition) is 1. The van der Waals surface area contributed by atoms with Crippen LogP contribution in [-0.4, -0.2) is 22.6 Å². The zero-order valence-corrected chi connectivity index (χ0v) is 11.7. The van der Waals surface area contributed by atoms with Crippen molar-refractivity contribution in [2.24, 2.45) is 0 Å². The molecule has 1 aromatic heterocycles. The van der Waals surface area contributed by atoms with E-state index in [-0.39, 0.29) is 5.56 Å². The van der Waals surface area contributed by atoms with Crippen LogP contribution >= 0.6 is 15.9 Å². The van der Waals surface area contributed by atoms with Gasteiger partial charge < -0.3 is 9.84 Å². The average molecular weight is 328 g/mol. The van der Waals surface area contributed by atoms with Crippen molar-refractivity contribution in [2.45, 2.75) is 13.3 Å². The van der Waals surface area contributed by atoms with E-state index in [0.717, 1.165) is 0 Å². The third-order valence-electron chi connectivity index (χ3n) is 2.39. The van der Waals surface area contributed by atoms with E-state index in [9.17, 15) is 9.18 Å². The summed E-state index contributed by atoms with van der Waals surface area (Å²) in [4.78, 5) is 15.8. The number of carbonyl (C=O) groups excluding carboxylic acids is 1. The molecule has 0 fully saturated rings. The molecule has 1 heterocycles. The van der Waals surface area contributed by atoms with Gasteiger partial charge >= 0.3 is 0 Å². The van der Waals surface area contributed by atoms with E-state index in [1.54, 1.807) is 13.0 Å². The number of benzene rings is 1. The van der Waals surface area contributed by atoms with Crippen molar-refractivity contribution < 1.29 is 13.7 Å². The number of aryl methyl sites for hydroxylation is 1. The molecule has 0 spiro atoms. The fourth-order valence-corrected chi connectivity index (χ4v) is 2.06. The molecule has 1 aromatic carbocycles. The highest BCUT2D eigenvalue weighted by Gasteiger charge is 2.15. The Labute approximate surface area is 117 Å². The molecule has 5 nitrogen and oxygen atoms in total. The Hall–Kier alpha value is -1.76. The second kappa shape index (κ2) is 5.92. The first-order valence-corrected chi connectivity index (χ1v) is 6.38. The summed E-state index contributed by atoms with van der Waals surface area (Å²) in [5.74, 6) is -0.0731. The van der Waals surface area contributed by atoms with Crippen LogP contribution in [0.25, 0.3) is 0 Å². The lowest BCUT2D eigenvalue weighted by Gasteiger charge is -2.06. The molecule has 0 bridgehead atoms. The molecule has 0 unspecified atom stereocenters. The Morgan fingerprint density at radius 1 is 1.53 bits per heavy atom. The number of rotatable bonds is 4. The van der Waals surface area contributed by atoms with Gasteiger partial charge in [-0.3, -0.25) is 4.79 Å². The summed E-state index contributed by atoms with van der Waals surface area (Å²) in [7, 11) is 0. The maximum absolute atomic E-state index is 13.5. The van der Waals surface area contributed by atoms with E-state index >= 15 is 0 Å². The summed E-state index contributed by atoms with van der Waals surface area (Å²) < 4.78 is 18.7. The molecule has 100 valence electrons. The van der Waals surface area contributed by atoms with Gasteiger partial charge in [0.25, 0.3) is 5.91 Å². The lowest BCUT2D eigenvalue weighted by molar-refractivity contribution is 0.0949. The lowest BCUT2D eigenvalue weighted by Crippen LogP contribution is -2.27. The number of carbonyl (C=O) groups is 1. The number of halogens is 2. The predicted molar refractivity (Wildman–Crippen MR) is 69.2 cm³/mol. The normalized spacial score (nSPS) is 10.5. The quantitative estimate of drug-likeness (QED) is 0.935. The fourth-order valence-electron chi connectivity index (χ4n) is 1.53. The van der Waals surface area contributed by atoms with Gasteiger partial charge in [-0.1, -0.05) is 11.2 Å². The van der Waals surface area contributed by atoms with Gasteiger partial charge in [0, 0.05) is 24.4 Å². The second-order valence-corrected chi connectivity index (χ2v) is 4.69. The van der Waals surface area contributed by atoms with Gasteiger partial charge in [-0.15, -0.1) is 0 Å². The molecule has 0 atom stereocenters. The molecule has 0 aliphatic rings. The van der Waals surface area contributed by atoms with Gasteiger partial charge in [-0.2, -0.15) is 4.98 Å². The molecule has 0 aliphatic heterocycles. The summed E-state index contributed by atoms with van der Waals surface area (Å²) in [5, 5.41) is 6.31. The van der Waals surface area contributed by atoms with Crippen molar-refractivity contribution >= 4 is 21.8 Å². The van der Waals surface area contributed by atoms with Crippen LogP contribution in [0.15, 0.2) is 27.2 Å².